The van der Waals surface area contributed by atoms with E-state index in [4.69, 9.17) is 0 Å². The predicted molar refractivity (Wildman–Crippen MR) is 133 cm³/mol. The molecule has 1 fully saturated rings. The van der Waals surface area contributed by atoms with Gasteiger partial charge in [0.2, 0.25) is 5.91 Å². The van der Waals surface area contributed by atoms with Crippen molar-refractivity contribution in [1.82, 2.24) is 14.8 Å². The third-order valence-corrected chi connectivity index (χ3v) is 6.72. The highest BCUT2D eigenvalue weighted by Crippen LogP contribution is 2.25. The highest BCUT2D eigenvalue weighted by atomic mass is 16.2. The number of benzene rings is 2. The van der Waals surface area contributed by atoms with Crippen molar-refractivity contribution in [2.45, 2.75) is 26.3 Å². The molecule has 2 aliphatic rings. The molecule has 1 N–H and O–H groups in total. The molecule has 0 radical (unpaired) electrons. The van der Waals surface area contributed by atoms with Crippen molar-refractivity contribution in [1.29, 1.82) is 0 Å². The minimum Gasteiger partial charge on any atom is -0.338 e. The maximum Gasteiger partial charge on any atom is 0.261 e. The maximum atomic E-state index is 13.3. The second-order valence-corrected chi connectivity index (χ2v) is 9.19. The van der Waals surface area contributed by atoms with Gasteiger partial charge in [-0.05, 0) is 61.2 Å². The summed E-state index contributed by atoms with van der Waals surface area (Å²) in [6.07, 6.45) is 3.05. The lowest BCUT2D eigenvalue weighted by molar-refractivity contribution is -0.121. The number of aromatic nitrogens is 1. The first kappa shape index (κ1) is 23.4. The molecule has 0 spiro atoms. The van der Waals surface area contributed by atoms with Crippen LogP contribution in [0.3, 0.4) is 0 Å². The first-order chi connectivity index (χ1) is 17.4. The number of aryl methyl sites for hydroxylation is 1. The number of carbonyl (C=O) groups excluding carboxylic acids is 4. The Morgan fingerprint density at radius 3 is 2.47 bits per heavy atom. The van der Waals surface area contributed by atoms with E-state index in [0.717, 1.165) is 12.0 Å². The third kappa shape index (κ3) is 4.49. The van der Waals surface area contributed by atoms with Crippen LogP contribution in [-0.2, 0) is 11.3 Å². The molecule has 1 atom stereocenters. The molecule has 2 aliphatic heterocycles. The summed E-state index contributed by atoms with van der Waals surface area (Å²) in [5, 5.41) is 2.89. The van der Waals surface area contributed by atoms with Crippen LogP contribution < -0.4 is 5.32 Å². The van der Waals surface area contributed by atoms with Gasteiger partial charge in [0.1, 0.15) is 5.82 Å². The number of likely N-dealkylation sites (tertiary alicyclic amines) is 1. The number of amides is 4. The number of piperidine rings is 1. The molecule has 5 rings (SSSR count). The predicted octanol–water partition coefficient (Wildman–Crippen LogP) is 3.68. The normalized spacial score (nSPS) is 17.2. The van der Waals surface area contributed by atoms with Crippen LogP contribution in [0.4, 0.5) is 5.82 Å². The monoisotopic (exact) mass is 482 g/mol. The van der Waals surface area contributed by atoms with Gasteiger partial charge < -0.3 is 10.2 Å². The Labute approximate surface area is 208 Å². The number of carbonyl (C=O) groups is 4. The molecular formula is C28H26N4O4. The summed E-state index contributed by atoms with van der Waals surface area (Å²) >= 11 is 0. The summed E-state index contributed by atoms with van der Waals surface area (Å²) in [6, 6.07) is 17.4. The zero-order valence-electron chi connectivity index (χ0n) is 19.9. The molecule has 0 bridgehead atoms. The molecule has 4 amide bonds. The van der Waals surface area contributed by atoms with Gasteiger partial charge in [-0.1, -0.05) is 30.3 Å². The van der Waals surface area contributed by atoms with Crippen LogP contribution >= 0.6 is 0 Å². The van der Waals surface area contributed by atoms with E-state index in [1.807, 2.05) is 19.1 Å². The number of fused-ring (bicyclic) bond motifs is 1. The van der Waals surface area contributed by atoms with Crippen molar-refractivity contribution < 1.29 is 19.2 Å². The van der Waals surface area contributed by atoms with Crippen LogP contribution in [0, 0.1) is 12.8 Å². The second kappa shape index (κ2) is 9.73. The lowest BCUT2D eigenvalue weighted by Crippen LogP contribution is -2.44. The maximum absolute atomic E-state index is 13.3. The number of nitrogens with one attached hydrogen (secondary N) is 1. The van der Waals surface area contributed by atoms with E-state index in [1.54, 1.807) is 59.6 Å². The minimum atomic E-state index is -0.333. The second-order valence-electron chi connectivity index (χ2n) is 9.19. The van der Waals surface area contributed by atoms with E-state index in [9.17, 15) is 19.2 Å². The SMILES string of the molecule is Cc1cccnc1NC(=O)C1CCCN(C(=O)c2cccc(CN3C(=O)c4ccccc4C3=O)c2)C1. The molecule has 1 saturated heterocycles. The van der Waals surface area contributed by atoms with Gasteiger partial charge in [-0.15, -0.1) is 0 Å². The highest BCUT2D eigenvalue weighted by Gasteiger charge is 2.35. The van der Waals surface area contributed by atoms with Crippen molar-refractivity contribution in [3.63, 3.8) is 0 Å². The van der Waals surface area contributed by atoms with Crippen molar-refractivity contribution >= 4 is 29.4 Å². The number of imide groups is 1. The topological polar surface area (TPSA) is 99.7 Å². The Morgan fingerprint density at radius 2 is 1.75 bits per heavy atom. The van der Waals surface area contributed by atoms with E-state index in [2.05, 4.69) is 10.3 Å². The van der Waals surface area contributed by atoms with Crippen LogP contribution in [0.15, 0.2) is 66.9 Å². The summed E-state index contributed by atoms with van der Waals surface area (Å²) in [6.45, 7) is 2.85. The van der Waals surface area contributed by atoms with Crippen LogP contribution in [0.2, 0.25) is 0 Å². The van der Waals surface area contributed by atoms with Crippen LogP contribution in [-0.4, -0.2) is 51.5 Å². The number of nitrogens with zero attached hydrogens (tertiary/aromatic N) is 3. The van der Waals surface area contributed by atoms with E-state index in [0.29, 0.717) is 47.6 Å². The molecule has 36 heavy (non-hydrogen) atoms. The molecular weight excluding hydrogens is 456 g/mol. The number of pyridine rings is 1. The Balaban J connectivity index is 1.26. The number of rotatable bonds is 5. The van der Waals surface area contributed by atoms with Gasteiger partial charge in [0, 0.05) is 24.8 Å². The van der Waals surface area contributed by atoms with Crippen molar-refractivity contribution in [2.75, 3.05) is 18.4 Å². The molecule has 3 aromatic rings. The van der Waals surface area contributed by atoms with Crippen LogP contribution in [0.1, 0.15) is 55.0 Å². The molecule has 0 aliphatic carbocycles. The lowest BCUT2D eigenvalue weighted by Gasteiger charge is -2.32. The van der Waals surface area contributed by atoms with Gasteiger partial charge in [0.25, 0.3) is 17.7 Å². The van der Waals surface area contributed by atoms with Gasteiger partial charge >= 0.3 is 0 Å². The van der Waals surface area contributed by atoms with Crippen LogP contribution in [0.5, 0.6) is 0 Å². The number of anilines is 1. The quantitative estimate of drug-likeness (QED) is 0.560. The molecule has 3 heterocycles. The van der Waals surface area contributed by atoms with Gasteiger partial charge in [0.05, 0.1) is 23.6 Å². The standard InChI is InChI=1S/C28H26N4O4/c1-18-7-5-13-29-24(18)30-25(33)21-10-6-14-31(17-21)26(34)20-9-4-8-19(15-20)16-32-27(35)22-11-2-3-12-23(22)28(32)36/h2-5,7-9,11-13,15,21H,6,10,14,16-17H2,1H3,(H,29,30,33). The fourth-order valence-electron chi connectivity index (χ4n) is 4.76. The summed E-state index contributed by atoms with van der Waals surface area (Å²) in [7, 11) is 0. The van der Waals surface area contributed by atoms with Crippen molar-refractivity contribution in [3.8, 4) is 0 Å². The minimum absolute atomic E-state index is 0.0852. The molecule has 2 aromatic carbocycles. The first-order valence-corrected chi connectivity index (χ1v) is 12.0. The zero-order valence-corrected chi connectivity index (χ0v) is 19.9. The summed E-state index contributed by atoms with van der Waals surface area (Å²) < 4.78 is 0. The van der Waals surface area contributed by atoms with Crippen molar-refractivity contribution in [3.05, 3.63) is 94.7 Å². The molecule has 8 nitrogen and oxygen atoms in total. The molecule has 1 aromatic heterocycles. The lowest BCUT2D eigenvalue weighted by atomic mass is 9.96. The number of hydrogen-bond acceptors (Lipinski definition) is 5. The highest BCUT2D eigenvalue weighted by molar-refractivity contribution is 6.21. The fourth-order valence-corrected chi connectivity index (χ4v) is 4.76. The summed E-state index contributed by atoms with van der Waals surface area (Å²) in [5.74, 6) is -0.780. The Hall–Kier alpha value is -4.33. The molecule has 182 valence electrons. The summed E-state index contributed by atoms with van der Waals surface area (Å²) in [5.41, 5.74) is 2.82. The smallest absolute Gasteiger partial charge is 0.261 e. The molecule has 8 heteroatoms. The van der Waals surface area contributed by atoms with Gasteiger partial charge in [0.15, 0.2) is 0 Å². The van der Waals surface area contributed by atoms with E-state index in [-0.39, 0.29) is 36.1 Å². The average Bonchev–Trinajstić information content (AvgIpc) is 3.14. The molecule has 0 saturated carbocycles. The zero-order chi connectivity index (χ0) is 25.2. The fraction of sp³-hybridized carbons (Fsp3) is 0.250. The van der Waals surface area contributed by atoms with Gasteiger partial charge in [-0.3, -0.25) is 24.1 Å². The Morgan fingerprint density at radius 1 is 1.00 bits per heavy atom. The Kier molecular flexibility index (Phi) is 6.33. The van der Waals surface area contributed by atoms with Gasteiger partial charge in [-0.2, -0.15) is 0 Å². The largest absolute Gasteiger partial charge is 0.338 e. The number of hydrogen-bond donors (Lipinski definition) is 1. The van der Waals surface area contributed by atoms with E-state index in [1.165, 1.54) is 4.90 Å². The summed E-state index contributed by atoms with van der Waals surface area (Å²) in [4.78, 5) is 58.7. The van der Waals surface area contributed by atoms with Crippen molar-refractivity contribution in [2.24, 2.45) is 5.92 Å². The van der Waals surface area contributed by atoms with Crippen LogP contribution in [0.25, 0.3) is 0 Å². The van der Waals surface area contributed by atoms with Gasteiger partial charge in [-0.25, -0.2) is 4.98 Å². The average molecular weight is 483 g/mol. The Bertz CT molecular complexity index is 1330. The van der Waals surface area contributed by atoms with E-state index >= 15 is 0 Å². The first-order valence-electron chi connectivity index (χ1n) is 12.0. The molecule has 1 unspecified atom stereocenters. The van der Waals surface area contributed by atoms with E-state index < -0.39 is 0 Å². The third-order valence-electron chi connectivity index (χ3n) is 6.72.